The zero-order valence-corrected chi connectivity index (χ0v) is 32.5. The maximum absolute atomic E-state index is 13.8. The number of fused-ring (bicyclic) bond motifs is 2. The van der Waals surface area contributed by atoms with E-state index in [-0.39, 0.29) is 47.3 Å². The van der Waals surface area contributed by atoms with E-state index in [9.17, 15) is 23.9 Å². The number of anilines is 1. The maximum Gasteiger partial charge on any atom is 0.255 e. The number of amides is 1. The Morgan fingerprint density at radius 3 is 2.33 bits per heavy atom. The number of hydrogen-bond acceptors (Lipinski definition) is 8. The van der Waals surface area contributed by atoms with Gasteiger partial charge in [0.2, 0.25) is 0 Å². The molecule has 4 aromatic carbocycles. The molecule has 1 N–H and O–H groups in total. The van der Waals surface area contributed by atoms with Gasteiger partial charge < -0.3 is 19.6 Å². The van der Waals surface area contributed by atoms with Crippen LogP contribution in [0.15, 0.2) is 84.9 Å². The number of benzene rings is 4. The van der Waals surface area contributed by atoms with E-state index in [1.807, 2.05) is 36.4 Å². The van der Waals surface area contributed by atoms with Gasteiger partial charge in [-0.1, -0.05) is 30.3 Å². The van der Waals surface area contributed by atoms with Crippen LogP contribution in [0.5, 0.6) is 11.5 Å². The number of carbonyl (C=O) groups is 3. The van der Waals surface area contributed by atoms with Gasteiger partial charge >= 0.3 is 0 Å². The number of aryl methyl sites for hydroxylation is 1. The van der Waals surface area contributed by atoms with Gasteiger partial charge in [0, 0.05) is 75.9 Å². The van der Waals surface area contributed by atoms with E-state index >= 15 is 0 Å². The monoisotopic (exact) mass is 770 g/mol. The maximum atomic E-state index is 13.8. The summed E-state index contributed by atoms with van der Waals surface area (Å²) in [5.41, 5.74) is 7.49. The van der Waals surface area contributed by atoms with Crippen LogP contribution in [0.4, 0.5) is 10.1 Å². The van der Waals surface area contributed by atoms with Crippen LogP contribution in [0, 0.1) is 11.7 Å². The fourth-order valence-corrected chi connectivity index (χ4v) is 10.1. The first-order valence-electron chi connectivity index (χ1n) is 20.7. The van der Waals surface area contributed by atoms with Crippen LogP contribution in [0.1, 0.15) is 82.1 Å². The molecule has 3 fully saturated rings. The van der Waals surface area contributed by atoms with Crippen molar-refractivity contribution in [2.75, 3.05) is 63.9 Å². The molecule has 9 rings (SSSR count). The summed E-state index contributed by atoms with van der Waals surface area (Å²) in [5, 5.41) is 10.2. The predicted octanol–water partition coefficient (Wildman–Crippen LogP) is 6.56. The van der Waals surface area contributed by atoms with Gasteiger partial charge in [-0.25, -0.2) is 4.39 Å². The summed E-state index contributed by atoms with van der Waals surface area (Å²) < 4.78 is 20.1. The van der Waals surface area contributed by atoms with Gasteiger partial charge in [0.05, 0.1) is 12.5 Å². The number of aromatic hydroxyl groups is 1. The van der Waals surface area contributed by atoms with Gasteiger partial charge in [-0.2, -0.15) is 0 Å². The SMILES string of the molecule is O=C1CCC(N2Cc3cc(N4CCN(C[C@H]5CCN(CCOc6ccc([C@@H]7c8ccc(O)cc8CC[C@@H]7c7ccc(F)cc7)cc6)C5)CC4)ccc3C2=O)C(=O)C1. The molecule has 0 spiro atoms. The van der Waals surface area contributed by atoms with Crippen molar-refractivity contribution in [3.63, 3.8) is 0 Å². The van der Waals surface area contributed by atoms with Crippen LogP contribution >= 0.6 is 0 Å². The number of ketones is 2. The molecule has 1 saturated carbocycles. The highest BCUT2D eigenvalue weighted by Gasteiger charge is 2.39. The van der Waals surface area contributed by atoms with E-state index in [4.69, 9.17) is 4.74 Å². The van der Waals surface area contributed by atoms with Crippen LogP contribution in [0.25, 0.3) is 0 Å². The topological polar surface area (TPSA) is 93.6 Å². The van der Waals surface area contributed by atoms with Crippen LogP contribution in [0.2, 0.25) is 0 Å². The first-order chi connectivity index (χ1) is 27.8. The molecule has 3 aliphatic heterocycles. The first-order valence-corrected chi connectivity index (χ1v) is 20.7. The summed E-state index contributed by atoms with van der Waals surface area (Å²) in [4.78, 5) is 46.6. The Bertz CT molecular complexity index is 2130. The molecule has 3 heterocycles. The fraction of sp³-hybridized carbons (Fsp3) is 0.426. The molecule has 2 saturated heterocycles. The molecular formula is C47H51FN4O5. The van der Waals surface area contributed by atoms with E-state index in [0.717, 1.165) is 87.8 Å². The smallest absolute Gasteiger partial charge is 0.255 e. The fourth-order valence-electron chi connectivity index (χ4n) is 10.1. The number of nitrogens with zero attached hydrogens (tertiary/aromatic N) is 4. The Labute approximate surface area is 334 Å². The number of halogens is 1. The second-order valence-corrected chi connectivity index (χ2v) is 16.7. The normalized spacial score (nSPS) is 24.2. The summed E-state index contributed by atoms with van der Waals surface area (Å²) in [6.07, 6.45) is 3.73. The van der Waals surface area contributed by atoms with Gasteiger partial charge in [-0.3, -0.25) is 24.2 Å². The third kappa shape index (κ3) is 7.94. The van der Waals surface area contributed by atoms with Crippen molar-refractivity contribution >= 4 is 23.2 Å². The molecule has 1 unspecified atom stereocenters. The van der Waals surface area contributed by atoms with Crippen LogP contribution in [-0.4, -0.2) is 102 Å². The molecule has 0 radical (unpaired) electrons. The zero-order chi connectivity index (χ0) is 39.0. The Hall–Kier alpha value is -5.06. The predicted molar refractivity (Wildman–Crippen MR) is 217 cm³/mol. The highest BCUT2D eigenvalue weighted by atomic mass is 19.1. The van der Waals surface area contributed by atoms with Crippen molar-refractivity contribution in [2.24, 2.45) is 5.92 Å². The lowest BCUT2D eigenvalue weighted by molar-refractivity contribution is -0.133. The van der Waals surface area contributed by atoms with Crippen LogP contribution in [-0.2, 0) is 22.6 Å². The average Bonchev–Trinajstić information content (AvgIpc) is 3.81. The summed E-state index contributed by atoms with van der Waals surface area (Å²) in [6, 6.07) is 26.7. The Morgan fingerprint density at radius 1 is 0.754 bits per heavy atom. The largest absolute Gasteiger partial charge is 0.508 e. The Morgan fingerprint density at radius 2 is 1.54 bits per heavy atom. The first kappa shape index (κ1) is 37.5. The molecule has 2 aliphatic carbocycles. The number of hydrogen-bond donors (Lipinski definition) is 1. The van der Waals surface area contributed by atoms with Crippen molar-refractivity contribution in [1.82, 2.24) is 14.7 Å². The number of ether oxygens (including phenoxy) is 1. The third-order valence-electron chi connectivity index (χ3n) is 13.2. The highest BCUT2D eigenvalue weighted by Crippen LogP contribution is 2.47. The number of phenolic OH excluding ortho intramolecular Hbond substituents is 1. The Kier molecular flexibility index (Phi) is 10.6. The highest BCUT2D eigenvalue weighted by molar-refractivity contribution is 6.07. The summed E-state index contributed by atoms with van der Waals surface area (Å²) in [6.45, 7) is 9.10. The van der Waals surface area contributed by atoms with Crippen molar-refractivity contribution in [3.8, 4) is 11.5 Å². The molecule has 10 heteroatoms. The lowest BCUT2D eigenvalue weighted by Crippen LogP contribution is -2.48. The zero-order valence-electron chi connectivity index (χ0n) is 32.5. The summed E-state index contributed by atoms with van der Waals surface area (Å²) in [7, 11) is 0. The Balaban J connectivity index is 0.735. The van der Waals surface area contributed by atoms with Gasteiger partial charge in [-0.15, -0.1) is 0 Å². The number of piperazine rings is 1. The van der Waals surface area contributed by atoms with Gasteiger partial charge in [0.1, 0.15) is 29.7 Å². The van der Waals surface area contributed by atoms with Gasteiger partial charge in [0.15, 0.2) is 5.78 Å². The molecule has 1 amide bonds. The van der Waals surface area contributed by atoms with Gasteiger partial charge in [-0.05, 0) is 126 Å². The molecule has 0 bridgehead atoms. The number of rotatable bonds is 10. The minimum atomic E-state index is -0.485. The number of Topliss-reactive ketones (excluding diaryl/α,β-unsaturated/α-hetero) is 2. The lowest BCUT2D eigenvalue weighted by atomic mass is 9.69. The lowest BCUT2D eigenvalue weighted by Gasteiger charge is -2.37. The van der Waals surface area contributed by atoms with E-state index in [2.05, 4.69) is 45.0 Å². The van der Waals surface area contributed by atoms with Crippen molar-refractivity contribution in [3.05, 3.63) is 124 Å². The number of carbonyl (C=O) groups excluding carboxylic acids is 3. The van der Waals surface area contributed by atoms with Crippen LogP contribution < -0.4 is 9.64 Å². The standard InChI is InChI=1S/C47H51FN4O5/c48-36-6-1-32(2-7-36)41-13-5-34-26-38(53)9-15-42(34)46(41)33-3-11-40(12-4-33)57-24-23-49-18-17-31(28-49)29-50-19-21-51(22-20-50)37-8-14-43-35(25-37)30-52(47(43)56)44-16-10-39(54)27-45(44)55/h1-4,6-9,11-12,14-15,25-26,31,41,44,46,53H,5,10,13,16-24,27-30H2/t31-,41+,44?,46-/m0/s1. The molecule has 57 heavy (non-hydrogen) atoms. The minimum Gasteiger partial charge on any atom is -0.508 e. The van der Waals surface area contributed by atoms with Gasteiger partial charge in [0.25, 0.3) is 5.91 Å². The van der Waals surface area contributed by atoms with E-state index in [0.29, 0.717) is 37.5 Å². The molecule has 296 valence electrons. The average molecular weight is 771 g/mol. The molecule has 0 aromatic heterocycles. The second-order valence-electron chi connectivity index (χ2n) is 16.7. The quantitative estimate of drug-likeness (QED) is 0.182. The molecule has 5 aliphatic rings. The second kappa shape index (κ2) is 16.1. The van der Waals surface area contributed by atoms with Crippen molar-refractivity contribution < 1.29 is 28.6 Å². The van der Waals surface area contributed by atoms with E-state index < -0.39 is 6.04 Å². The molecular weight excluding hydrogens is 720 g/mol. The van der Waals surface area contributed by atoms with Crippen LogP contribution in [0.3, 0.4) is 0 Å². The van der Waals surface area contributed by atoms with Crippen molar-refractivity contribution in [2.45, 2.75) is 62.9 Å². The summed E-state index contributed by atoms with van der Waals surface area (Å²) in [5.74, 6) is 1.62. The van der Waals surface area contributed by atoms with E-state index in [1.54, 1.807) is 23.1 Å². The van der Waals surface area contributed by atoms with E-state index in [1.165, 1.54) is 23.1 Å². The third-order valence-corrected chi connectivity index (χ3v) is 13.2. The summed E-state index contributed by atoms with van der Waals surface area (Å²) >= 11 is 0. The minimum absolute atomic E-state index is 0.0257. The number of likely N-dealkylation sites (tertiary alicyclic amines) is 1. The van der Waals surface area contributed by atoms with Crippen molar-refractivity contribution in [1.29, 1.82) is 0 Å². The molecule has 9 nitrogen and oxygen atoms in total. The molecule has 4 aromatic rings. The molecule has 4 atom stereocenters. The number of phenols is 1.